The number of nitrogens with zero attached hydrogens (tertiary/aromatic N) is 1. The largest absolute Gasteiger partial charge is 0.355 e. The number of hydrogen-bond donors (Lipinski definition) is 3. The first kappa shape index (κ1) is 23.4. The number of carbonyl (C=O) groups is 2. The van der Waals surface area contributed by atoms with Crippen molar-refractivity contribution < 1.29 is 22.9 Å². The second-order valence-electron chi connectivity index (χ2n) is 6.90. The summed E-state index contributed by atoms with van der Waals surface area (Å²) in [4.78, 5) is 34.1. The SMILES string of the molecule is CNC(=O)c1cccc(CNC(=O)c2ccc(NS(=O)(=O)c3cccc([N+](=O)[O-])c3)cc2)c1. The summed E-state index contributed by atoms with van der Waals surface area (Å²) in [6, 6.07) is 17.2. The van der Waals surface area contributed by atoms with Crippen LogP contribution in [0.2, 0.25) is 0 Å². The molecule has 0 spiro atoms. The minimum atomic E-state index is -4.05. The van der Waals surface area contributed by atoms with Gasteiger partial charge in [0, 0.05) is 42.5 Å². The molecular weight excluding hydrogens is 448 g/mol. The zero-order valence-electron chi connectivity index (χ0n) is 17.4. The molecular formula is C22H20N4O6S. The van der Waals surface area contributed by atoms with Gasteiger partial charge in [-0.25, -0.2) is 8.42 Å². The lowest BCUT2D eigenvalue weighted by Gasteiger charge is -2.10. The van der Waals surface area contributed by atoms with Gasteiger partial charge in [-0.15, -0.1) is 0 Å². The Morgan fingerprint density at radius 1 is 0.909 bits per heavy atom. The fraction of sp³-hybridized carbons (Fsp3) is 0.0909. The number of sulfonamides is 1. The summed E-state index contributed by atoms with van der Waals surface area (Å²) in [5, 5.41) is 16.1. The van der Waals surface area contributed by atoms with E-state index in [9.17, 15) is 28.1 Å². The van der Waals surface area contributed by atoms with Crippen molar-refractivity contribution in [3.8, 4) is 0 Å². The van der Waals surface area contributed by atoms with E-state index in [0.29, 0.717) is 11.1 Å². The Hall–Kier alpha value is -4.25. The highest BCUT2D eigenvalue weighted by Crippen LogP contribution is 2.21. The Balaban J connectivity index is 1.65. The first-order valence-electron chi connectivity index (χ1n) is 9.66. The molecule has 0 saturated carbocycles. The lowest BCUT2D eigenvalue weighted by atomic mass is 10.1. The Kier molecular flexibility index (Phi) is 7.04. The van der Waals surface area contributed by atoms with Crippen LogP contribution in [-0.4, -0.2) is 32.2 Å². The quantitative estimate of drug-likeness (QED) is 0.342. The van der Waals surface area contributed by atoms with Crippen molar-refractivity contribution in [1.29, 1.82) is 0 Å². The highest BCUT2D eigenvalue weighted by molar-refractivity contribution is 7.92. The smallest absolute Gasteiger partial charge is 0.270 e. The summed E-state index contributed by atoms with van der Waals surface area (Å²) >= 11 is 0. The first-order chi connectivity index (χ1) is 15.7. The molecule has 3 rings (SSSR count). The molecule has 170 valence electrons. The van der Waals surface area contributed by atoms with Crippen LogP contribution in [0, 0.1) is 10.1 Å². The maximum absolute atomic E-state index is 12.5. The normalized spacial score (nSPS) is 10.8. The Morgan fingerprint density at radius 2 is 1.61 bits per heavy atom. The summed E-state index contributed by atoms with van der Waals surface area (Å²) in [6.45, 7) is 0.199. The number of non-ortho nitro benzene ring substituents is 1. The van der Waals surface area contributed by atoms with Gasteiger partial charge in [0.1, 0.15) is 0 Å². The lowest BCUT2D eigenvalue weighted by Crippen LogP contribution is -2.23. The van der Waals surface area contributed by atoms with Crippen LogP contribution in [0.3, 0.4) is 0 Å². The molecule has 0 unspecified atom stereocenters. The number of nitro groups is 1. The third-order valence-electron chi connectivity index (χ3n) is 4.61. The zero-order chi connectivity index (χ0) is 24.0. The van der Waals surface area contributed by atoms with E-state index in [4.69, 9.17) is 0 Å². The number of carbonyl (C=O) groups excluding carboxylic acids is 2. The summed E-state index contributed by atoms with van der Waals surface area (Å²) in [7, 11) is -2.52. The van der Waals surface area contributed by atoms with Crippen molar-refractivity contribution in [2.45, 2.75) is 11.4 Å². The van der Waals surface area contributed by atoms with Gasteiger partial charge in [0.15, 0.2) is 0 Å². The maximum Gasteiger partial charge on any atom is 0.270 e. The van der Waals surface area contributed by atoms with E-state index in [1.807, 2.05) is 0 Å². The highest BCUT2D eigenvalue weighted by atomic mass is 32.2. The molecule has 3 N–H and O–H groups in total. The molecule has 10 nitrogen and oxygen atoms in total. The van der Waals surface area contributed by atoms with Gasteiger partial charge in [0.25, 0.3) is 27.5 Å². The van der Waals surface area contributed by atoms with Gasteiger partial charge in [0.2, 0.25) is 0 Å². The second kappa shape index (κ2) is 9.92. The number of amides is 2. The van der Waals surface area contributed by atoms with Crippen molar-refractivity contribution in [2.75, 3.05) is 11.8 Å². The van der Waals surface area contributed by atoms with Crippen molar-refractivity contribution in [2.24, 2.45) is 0 Å². The third kappa shape index (κ3) is 5.92. The van der Waals surface area contributed by atoms with Crippen molar-refractivity contribution in [3.05, 3.63) is 99.6 Å². The summed E-state index contributed by atoms with van der Waals surface area (Å²) in [6.07, 6.45) is 0. The average molecular weight is 468 g/mol. The number of hydrogen-bond acceptors (Lipinski definition) is 6. The minimum absolute atomic E-state index is 0.191. The number of nitrogens with one attached hydrogen (secondary N) is 3. The predicted octanol–water partition coefficient (Wildman–Crippen LogP) is 2.69. The number of rotatable bonds is 8. The molecule has 3 aromatic carbocycles. The topological polar surface area (TPSA) is 148 Å². The third-order valence-corrected chi connectivity index (χ3v) is 5.99. The van der Waals surface area contributed by atoms with E-state index in [1.54, 1.807) is 24.3 Å². The molecule has 0 saturated heterocycles. The number of anilines is 1. The molecule has 0 aliphatic carbocycles. The Morgan fingerprint density at radius 3 is 2.27 bits per heavy atom. The van der Waals surface area contributed by atoms with Crippen molar-refractivity contribution >= 4 is 33.2 Å². The zero-order valence-corrected chi connectivity index (χ0v) is 18.3. The summed E-state index contributed by atoms with van der Waals surface area (Å²) in [5.74, 6) is -0.611. The van der Waals surface area contributed by atoms with Gasteiger partial charge in [-0.2, -0.15) is 0 Å². The van der Waals surface area contributed by atoms with Crippen LogP contribution in [0.4, 0.5) is 11.4 Å². The van der Waals surface area contributed by atoms with Crippen molar-refractivity contribution in [3.63, 3.8) is 0 Å². The predicted molar refractivity (Wildman–Crippen MR) is 121 cm³/mol. The van der Waals surface area contributed by atoms with Crippen LogP contribution in [0.5, 0.6) is 0 Å². The Bertz CT molecular complexity index is 1310. The maximum atomic E-state index is 12.5. The van der Waals surface area contributed by atoms with Crippen LogP contribution >= 0.6 is 0 Å². The fourth-order valence-corrected chi connectivity index (χ4v) is 4.02. The van der Waals surface area contributed by atoms with Crippen LogP contribution in [-0.2, 0) is 16.6 Å². The molecule has 0 aliphatic rings. The second-order valence-corrected chi connectivity index (χ2v) is 8.58. The van der Waals surface area contributed by atoms with Gasteiger partial charge in [-0.1, -0.05) is 18.2 Å². The Labute approximate surface area is 189 Å². The molecule has 0 bridgehead atoms. The van der Waals surface area contributed by atoms with E-state index < -0.39 is 14.9 Å². The minimum Gasteiger partial charge on any atom is -0.355 e. The van der Waals surface area contributed by atoms with Crippen LogP contribution < -0.4 is 15.4 Å². The van der Waals surface area contributed by atoms with E-state index in [2.05, 4.69) is 15.4 Å². The highest BCUT2D eigenvalue weighted by Gasteiger charge is 2.18. The molecule has 11 heteroatoms. The van der Waals surface area contributed by atoms with Crippen molar-refractivity contribution in [1.82, 2.24) is 10.6 Å². The standard InChI is InChI=1S/C22H20N4O6S/c1-23-21(27)17-5-2-4-15(12-17)14-24-22(28)16-8-10-18(11-9-16)25-33(31,32)20-7-3-6-19(13-20)26(29)30/h2-13,25H,14H2,1H3,(H,23,27)(H,24,28). The van der Waals surface area contributed by atoms with Gasteiger partial charge in [0.05, 0.1) is 9.82 Å². The molecule has 0 heterocycles. The fourth-order valence-electron chi connectivity index (χ4n) is 2.92. The number of nitro benzene ring substituents is 1. The van der Waals surface area contributed by atoms with E-state index in [1.165, 1.54) is 49.5 Å². The molecule has 0 radical (unpaired) electrons. The summed E-state index contributed by atoms with van der Waals surface area (Å²) < 4.78 is 27.3. The van der Waals surface area contributed by atoms with Gasteiger partial charge in [-0.05, 0) is 48.0 Å². The van der Waals surface area contributed by atoms with E-state index in [-0.39, 0.29) is 34.6 Å². The molecule has 0 fully saturated rings. The molecule has 0 aliphatic heterocycles. The van der Waals surface area contributed by atoms with Gasteiger partial charge in [-0.3, -0.25) is 24.4 Å². The lowest BCUT2D eigenvalue weighted by molar-refractivity contribution is -0.385. The van der Waals surface area contributed by atoms with Crippen LogP contribution in [0.25, 0.3) is 0 Å². The van der Waals surface area contributed by atoms with Gasteiger partial charge >= 0.3 is 0 Å². The molecule has 33 heavy (non-hydrogen) atoms. The molecule has 3 aromatic rings. The monoisotopic (exact) mass is 468 g/mol. The summed E-state index contributed by atoms with van der Waals surface area (Å²) in [5.41, 5.74) is 1.37. The molecule has 0 atom stereocenters. The van der Waals surface area contributed by atoms with Crippen LogP contribution in [0.15, 0.2) is 77.7 Å². The van der Waals surface area contributed by atoms with Gasteiger partial charge < -0.3 is 10.6 Å². The van der Waals surface area contributed by atoms with E-state index in [0.717, 1.165) is 11.6 Å². The molecule has 0 aromatic heterocycles. The first-order valence-corrected chi connectivity index (χ1v) is 11.1. The number of benzene rings is 3. The van der Waals surface area contributed by atoms with Crippen LogP contribution in [0.1, 0.15) is 26.3 Å². The average Bonchev–Trinajstić information content (AvgIpc) is 2.82. The molecule has 2 amide bonds. The van der Waals surface area contributed by atoms with E-state index >= 15 is 0 Å².